The number of nitro benzene ring substituents is 1. The van der Waals surface area contributed by atoms with E-state index in [-0.39, 0.29) is 5.69 Å². The Morgan fingerprint density at radius 1 is 1.16 bits per heavy atom. The topological polar surface area (TPSA) is 99.4 Å². The Morgan fingerprint density at radius 3 is 2.61 bits per heavy atom. The van der Waals surface area contributed by atoms with Gasteiger partial charge in [-0.05, 0) is 37.6 Å². The summed E-state index contributed by atoms with van der Waals surface area (Å²) in [5.74, 6) is 1.84. The minimum atomic E-state index is -0.444. The van der Waals surface area contributed by atoms with Crippen molar-refractivity contribution >= 4 is 38.7 Å². The number of benzene rings is 2. The molecular formula is C22H20N4O4S. The van der Waals surface area contributed by atoms with Gasteiger partial charge in [-0.1, -0.05) is 12.1 Å². The summed E-state index contributed by atoms with van der Waals surface area (Å²) in [6.07, 6.45) is 1.48. The number of hydrogen-bond donors (Lipinski definition) is 1. The van der Waals surface area contributed by atoms with E-state index in [9.17, 15) is 10.1 Å². The SMILES string of the molecule is CCOc1ccc(-c2c(C)sc3ncnc(Nc4cc([N+](=O)[O-])ccc4OC)c23)cc1. The van der Waals surface area contributed by atoms with Crippen LogP contribution in [0.5, 0.6) is 11.5 Å². The first-order valence-electron chi connectivity index (χ1n) is 9.58. The summed E-state index contributed by atoms with van der Waals surface area (Å²) >= 11 is 1.57. The molecule has 0 spiro atoms. The summed E-state index contributed by atoms with van der Waals surface area (Å²) in [6, 6.07) is 12.3. The lowest BCUT2D eigenvalue weighted by Gasteiger charge is -2.12. The van der Waals surface area contributed by atoms with Gasteiger partial charge >= 0.3 is 0 Å². The van der Waals surface area contributed by atoms with Crippen molar-refractivity contribution in [2.75, 3.05) is 19.0 Å². The van der Waals surface area contributed by atoms with E-state index in [1.54, 1.807) is 17.4 Å². The Morgan fingerprint density at radius 2 is 1.94 bits per heavy atom. The number of non-ortho nitro benzene ring substituents is 1. The van der Waals surface area contributed by atoms with Crippen LogP contribution < -0.4 is 14.8 Å². The molecule has 0 bridgehead atoms. The molecule has 0 radical (unpaired) electrons. The number of anilines is 2. The summed E-state index contributed by atoms with van der Waals surface area (Å²) in [4.78, 5) is 21.6. The number of fused-ring (bicyclic) bond motifs is 1. The molecule has 2 aromatic carbocycles. The first-order valence-corrected chi connectivity index (χ1v) is 10.4. The van der Waals surface area contributed by atoms with Gasteiger partial charge in [-0.25, -0.2) is 9.97 Å². The lowest BCUT2D eigenvalue weighted by molar-refractivity contribution is -0.384. The number of rotatable bonds is 7. The molecule has 0 aliphatic rings. The maximum atomic E-state index is 11.2. The minimum absolute atomic E-state index is 0.0400. The second-order valence-electron chi connectivity index (χ2n) is 6.66. The molecule has 8 nitrogen and oxygen atoms in total. The number of aryl methyl sites for hydroxylation is 1. The van der Waals surface area contributed by atoms with Gasteiger partial charge in [0.1, 0.15) is 28.5 Å². The third-order valence-corrected chi connectivity index (χ3v) is 5.78. The number of methoxy groups -OCH3 is 1. The zero-order valence-corrected chi connectivity index (χ0v) is 18.0. The molecule has 31 heavy (non-hydrogen) atoms. The summed E-state index contributed by atoms with van der Waals surface area (Å²) in [5, 5.41) is 15.3. The molecule has 0 fully saturated rings. The van der Waals surface area contributed by atoms with Gasteiger partial charge in [0.2, 0.25) is 0 Å². The van der Waals surface area contributed by atoms with Crippen molar-refractivity contribution in [2.45, 2.75) is 13.8 Å². The number of thiophene rings is 1. The molecule has 0 saturated heterocycles. The largest absolute Gasteiger partial charge is 0.495 e. The van der Waals surface area contributed by atoms with E-state index in [0.29, 0.717) is 23.9 Å². The normalized spacial score (nSPS) is 10.8. The van der Waals surface area contributed by atoms with Crippen LogP contribution in [0, 0.1) is 17.0 Å². The fourth-order valence-electron chi connectivity index (χ4n) is 3.41. The predicted octanol–water partition coefficient (Wildman–Crippen LogP) is 5.73. The maximum absolute atomic E-state index is 11.2. The Kier molecular flexibility index (Phi) is 5.68. The zero-order valence-electron chi connectivity index (χ0n) is 17.2. The highest BCUT2D eigenvalue weighted by Gasteiger charge is 2.19. The van der Waals surface area contributed by atoms with Crippen molar-refractivity contribution in [1.29, 1.82) is 0 Å². The number of hydrogen-bond acceptors (Lipinski definition) is 8. The average Bonchev–Trinajstić information content (AvgIpc) is 3.11. The van der Waals surface area contributed by atoms with E-state index in [0.717, 1.165) is 32.0 Å². The van der Waals surface area contributed by atoms with E-state index in [2.05, 4.69) is 15.3 Å². The van der Waals surface area contributed by atoms with E-state index in [1.807, 2.05) is 38.1 Å². The van der Waals surface area contributed by atoms with Gasteiger partial charge in [-0.15, -0.1) is 11.3 Å². The molecule has 4 rings (SSSR count). The van der Waals surface area contributed by atoms with Crippen molar-refractivity contribution < 1.29 is 14.4 Å². The third kappa shape index (κ3) is 3.99. The molecule has 4 aromatic rings. The molecule has 1 N–H and O–H groups in total. The van der Waals surface area contributed by atoms with Crippen molar-refractivity contribution in [1.82, 2.24) is 9.97 Å². The van der Waals surface area contributed by atoms with E-state index in [1.165, 1.54) is 25.6 Å². The van der Waals surface area contributed by atoms with Gasteiger partial charge in [0.15, 0.2) is 0 Å². The number of ether oxygens (including phenoxy) is 2. The van der Waals surface area contributed by atoms with Gasteiger partial charge in [0, 0.05) is 22.6 Å². The van der Waals surface area contributed by atoms with Gasteiger partial charge in [0.05, 0.1) is 29.7 Å². The molecule has 0 saturated carbocycles. The quantitative estimate of drug-likeness (QED) is 0.292. The molecule has 9 heteroatoms. The Bertz CT molecular complexity index is 1250. The first kappa shape index (κ1) is 20.5. The lowest BCUT2D eigenvalue weighted by atomic mass is 10.0. The molecule has 2 heterocycles. The molecule has 158 valence electrons. The van der Waals surface area contributed by atoms with E-state index in [4.69, 9.17) is 9.47 Å². The standard InChI is InChI=1S/C22H20N4O4S/c1-4-30-16-8-5-14(6-9-16)19-13(2)31-22-20(19)21(23-12-24-22)25-17-11-15(26(27)28)7-10-18(17)29-3/h5-12H,4H2,1-3H3,(H,23,24,25). The number of nitrogens with one attached hydrogen (secondary N) is 1. The Hall–Kier alpha value is -3.72. The Balaban J connectivity index is 1.83. The van der Waals surface area contributed by atoms with Crippen LogP contribution in [-0.2, 0) is 0 Å². The van der Waals surface area contributed by atoms with Crippen LogP contribution in [0.2, 0.25) is 0 Å². The van der Waals surface area contributed by atoms with Crippen LogP contribution in [-0.4, -0.2) is 28.6 Å². The van der Waals surface area contributed by atoms with Crippen LogP contribution >= 0.6 is 11.3 Å². The predicted molar refractivity (Wildman–Crippen MR) is 122 cm³/mol. The van der Waals surface area contributed by atoms with Gasteiger partial charge < -0.3 is 14.8 Å². The molecular weight excluding hydrogens is 416 g/mol. The fraction of sp³-hybridized carbons (Fsp3) is 0.182. The zero-order chi connectivity index (χ0) is 22.0. The van der Waals surface area contributed by atoms with Crippen molar-refractivity contribution in [2.24, 2.45) is 0 Å². The highest BCUT2D eigenvalue weighted by molar-refractivity contribution is 7.19. The maximum Gasteiger partial charge on any atom is 0.271 e. The monoisotopic (exact) mass is 436 g/mol. The molecule has 0 atom stereocenters. The smallest absolute Gasteiger partial charge is 0.271 e. The second kappa shape index (κ2) is 8.57. The number of nitro groups is 1. The van der Waals surface area contributed by atoms with Crippen LogP contribution in [0.25, 0.3) is 21.3 Å². The van der Waals surface area contributed by atoms with Crippen molar-refractivity contribution in [3.05, 3.63) is 63.8 Å². The fourth-order valence-corrected chi connectivity index (χ4v) is 4.42. The van der Waals surface area contributed by atoms with Crippen LogP contribution in [0.1, 0.15) is 11.8 Å². The van der Waals surface area contributed by atoms with E-state index >= 15 is 0 Å². The summed E-state index contributed by atoms with van der Waals surface area (Å²) in [6.45, 7) is 4.59. The van der Waals surface area contributed by atoms with Crippen LogP contribution in [0.4, 0.5) is 17.2 Å². The Labute approximate surface area is 182 Å². The highest BCUT2D eigenvalue weighted by Crippen LogP contribution is 2.42. The third-order valence-electron chi connectivity index (χ3n) is 4.77. The van der Waals surface area contributed by atoms with Crippen LogP contribution in [0.15, 0.2) is 48.8 Å². The summed E-state index contributed by atoms with van der Waals surface area (Å²) in [5.41, 5.74) is 2.44. The summed E-state index contributed by atoms with van der Waals surface area (Å²) in [7, 11) is 1.52. The molecule has 0 aliphatic carbocycles. The van der Waals surface area contributed by atoms with E-state index < -0.39 is 4.92 Å². The summed E-state index contributed by atoms with van der Waals surface area (Å²) < 4.78 is 10.9. The van der Waals surface area contributed by atoms with Gasteiger partial charge in [-0.3, -0.25) is 10.1 Å². The van der Waals surface area contributed by atoms with Crippen molar-refractivity contribution in [3.63, 3.8) is 0 Å². The average molecular weight is 436 g/mol. The van der Waals surface area contributed by atoms with Crippen molar-refractivity contribution in [3.8, 4) is 22.6 Å². The molecule has 2 aromatic heterocycles. The van der Waals surface area contributed by atoms with Gasteiger partial charge in [-0.2, -0.15) is 0 Å². The second-order valence-corrected chi connectivity index (χ2v) is 7.86. The molecule has 0 amide bonds. The first-order chi connectivity index (χ1) is 15.0. The van der Waals surface area contributed by atoms with Crippen LogP contribution in [0.3, 0.4) is 0 Å². The number of aromatic nitrogens is 2. The molecule has 0 unspecified atom stereocenters. The lowest BCUT2D eigenvalue weighted by Crippen LogP contribution is -1.99. The molecule has 0 aliphatic heterocycles. The van der Waals surface area contributed by atoms with Gasteiger partial charge in [0.25, 0.3) is 5.69 Å². The highest BCUT2D eigenvalue weighted by atomic mass is 32.1. The minimum Gasteiger partial charge on any atom is -0.495 e. The number of nitrogens with zero attached hydrogens (tertiary/aromatic N) is 3.